The van der Waals surface area contributed by atoms with Crippen molar-refractivity contribution in [2.75, 3.05) is 19.6 Å². The fraction of sp³-hybridized carbons (Fsp3) is 0.818. The molecule has 0 spiro atoms. The van der Waals surface area contributed by atoms with Crippen molar-refractivity contribution in [3.8, 4) is 0 Å². The first-order valence-electron chi connectivity index (χ1n) is 5.89. The molecule has 0 aliphatic carbocycles. The van der Waals surface area contributed by atoms with Gasteiger partial charge in [0.2, 0.25) is 5.91 Å². The number of nitrogens with zero attached hydrogens (tertiary/aromatic N) is 1. The number of guanidine groups is 1. The molecule has 94 valence electrons. The van der Waals surface area contributed by atoms with Crippen LogP contribution in [0, 0.1) is 0 Å². The van der Waals surface area contributed by atoms with E-state index in [4.69, 9.17) is 0 Å². The van der Waals surface area contributed by atoms with Gasteiger partial charge in [0.15, 0.2) is 5.96 Å². The molecule has 0 heterocycles. The van der Waals surface area contributed by atoms with Crippen LogP contribution in [0.25, 0.3) is 0 Å². The van der Waals surface area contributed by atoms with Gasteiger partial charge < -0.3 is 16.0 Å². The Labute approximate surface area is 98.1 Å². The fourth-order valence-corrected chi connectivity index (χ4v) is 1.06. The lowest BCUT2D eigenvalue weighted by Crippen LogP contribution is -2.42. The number of amides is 1. The van der Waals surface area contributed by atoms with Crippen molar-refractivity contribution in [3.05, 3.63) is 0 Å². The molecule has 0 radical (unpaired) electrons. The molecule has 0 aliphatic rings. The zero-order chi connectivity index (χ0) is 12.4. The van der Waals surface area contributed by atoms with E-state index in [1.54, 1.807) is 0 Å². The summed E-state index contributed by atoms with van der Waals surface area (Å²) in [6.07, 6.45) is 1.05. The summed E-state index contributed by atoms with van der Waals surface area (Å²) in [6, 6.07) is 0.401. The summed E-state index contributed by atoms with van der Waals surface area (Å²) >= 11 is 0. The zero-order valence-electron chi connectivity index (χ0n) is 10.8. The standard InChI is InChI=1S/C11H24N4O/c1-5-9(3)15-11(12-6-2)14-8-7-13-10(4)16/h9H,5-8H2,1-4H3,(H,13,16)(H2,12,14,15). The van der Waals surface area contributed by atoms with Crippen molar-refractivity contribution in [3.63, 3.8) is 0 Å². The topological polar surface area (TPSA) is 65.5 Å². The van der Waals surface area contributed by atoms with Crippen LogP contribution in [0.15, 0.2) is 4.99 Å². The number of nitrogens with one attached hydrogen (secondary N) is 3. The van der Waals surface area contributed by atoms with Gasteiger partial charge in [-0.2, -0.15) is 0 Å². The maximum Gasteiger partial charge on any atom is 0.216 e. The average Bonchev–Trinajstić information content (AvgIpc) is 2.24. The van der Waals surface area contributed by atoms with Crippen LogP contribution in [-0.2, 0) is 4.79 Å². The third-order valence-electron chi connectivity index (χ3n) is 2.10. The molecule has 5 heteroatoms. The molecule has 5 nitrogen and oxygen atoms in total. The number of hydrogen-bond donors (Lipinski definition) is 3. The minimum Gasteiger partial charge on any atom is -0.357 e. The molecule has 3 N–H and O–H groups in total. The highest BCUT2D eigenvalue weighted by Crippen LogP contribution is 1.87. The summed E-state index contributed by atoms with van der Waals surface area (Å²) in [6.45, 7) is 9.77. The van der Waals surface area contributed by atoms with E-state index in [-0.39, 0.29) is 5.91 Å². The van der Waals surface area contributed by atoms with Gasteiger partial charge in [-0.05, 0) is 20.3 Å². The zero-order valence-corrected chi connectivity index (χ0v) is 10.8. The molecule has 0 aliphatic heterocycles. The average molecular weight is 228 g/mol. The van der Waals surface area contributed by atoms with Gasteiger partial charge in [0.1, 0.15) is 0 Å². The molecular weight excluding hydrogens is 204 g/mol. The summed E-state index contributed by atoms with van der Waals surface area (Å²) < 4.78 is 0. The number of rotatable bonds is 6. The summed E-state index contributed by atoms with van der Waals surface area (Å²) in [5.41, 5.74) is 0. The molecule has 0 saturated heterocycles. The van der Waals surface area contributed by atoms with E-state index in [2.05, 4.69) is 34.8 Å². The second-order valence-electron chi connectivity index (χ2n) is 3.70. The van der Waals surface area contributed by atoms with Crippen LogP contribution in [0.3, 0.4) is 0 Å². The Balaban J connectivity index is 3.97. The quantitative estimate of drug-likeness (QED) is 0.352. The lowest BCUT2D eigenvalue weighted by Gasteiger charge is -2.16. The lowest BCUT2D eigenvalue weighted by molar-refractivity contribution is -0.118. The Kier molecular flexibility index (Phi) is 8.29. The number of hydrogen-bond acceptors (Lipinski definition) is 2. The monoisotopic (exact) mass is 228 g/mol. The van der Waals surface area contributed by atoms with Gasteiger partial charge in [-0.3, -0.25) is 9.79 Å². The van der Waals surface area contributed by atoms with Gasteiger partial charge in [0.25, 0.3) is 0 Å². The Morgan fingerprint density at radius 3 is 2.50 bits per heavy atom. The van der Waals surface area contributed by atoms with Crippen molar-refractivity contribution >= 4 is 11.9 Å². The highest BCUT2D eigenvalue weighted by Gasteiger charge is 2.01. The van der Waals surface area contributed by atoms with E-state index in [1.807, 2.05) is 6.92 Å². The van der Waals surface area contributed by atoms with Crippen LogP contribution in [0.4, 0.5) is 0 Å². The Hall–Kier alpha value is -1.26. The molecular formula is C11H24N4O. The molecule has 1 amide bonds. The largest absolute Gasteiger partial charge is 0.357 e. The molecule has 0 bridgehead atoms. The van der Waals surface area contributed by atoms with Crippen LogP contribution < -0.4 is 16.0 Å². The Morgan fingerprint density at radius 1 is 1.31 bits per heavy atom. The van der Waals surface area contributed by atoms with E-state index >= 15 is 0 Å². The van der Waals surface area contributed by atoms with E-state index in [9.17, 15) is 4.79 Å². The second kappa shape index (κ2) is 9.00. The molecule has 0 aromatic carbocycles. The first kappa shape index (κ1) is 14.7. The van der Waals surface area contributed by atoms with Crippen molar-refractivity contribution in [1.29, 1.82) is 0 Å². The molecule has 1 unspecified atom stereocenters. The van der Waals surface area contributed by atoms with Crippen molar-refractivity contribution in [2.45, 2.75) is 40.2 Å². The Morgan fingerprint density at radius 2 is 2.00 bits per heavy atom. The lowest BCUT2D eigenvalue weighted by atomic mass is 10.3. The number of carbonyl (C=O) groups excluding carboxylic acids is 1. The molecule has 1 atom stereocenters. The highest BCUT2D eigenvalue weighted by atomic mass is 16.1. The minimum absolute atomic E-state index is 0.0184. The van der Waals surface area contributed by atoms with Crippen molar-refractivity contribution in [1.82, 2.24) is 16.0 Å². The summed E-state index contributed by atoms with van der Waals surface area (Å²) in [5, 5.41) is 9.15. The SMILES string of the molecule is CCNC(=NCCNC(C)=O)NC(C)CC. The van der Waals surface area contributed by atoms with Crippen LogP contribution in [0.5, 0.6) is 0 Å². The van der Waals surface area contributed by atoms with Gasteiger partial charge in [0, 0.05) is 26.1 Å². The number of aliphatic imine (C=N–C) groups is 1. The summed E-state index contributed by atoms with van der Waals surface area (Å²) in [5.74, 6) is 0.789. The molecule has 0 aromatic heterocycles. The van der Waals surface area contributed by atoms with Crippen molar-refractivity contribution < 1.29 is 4.79 Å². The van der Waals surface area contributed by atoms with Gasteiger partial charge in [-0.15, -0.1) is 0 Å². The van der Waals surface area contributed by atoms with Crippen LogP contribution >= 0.6 is 0 Å². The number of carbonyl (C=O) groups is 1. The van der Waals surface area contributed by atoms with E-state index in [0.29, 0.717) is 19.1 Å². The van der Waals surface area contributed by atoms with Crippen LogP contribution in [-0.4, -0.2) is 37.5 Å². The molecule has 0 saturated carbocycles. The third kappa shape index (κ3) is 8.08. The smallest absolute Gasteiger partial charge is 0.216 e. The van der Waals surface area contributed by atoms with Crippen molar-refractivity contribution in [2.24, 2.45) is 4.99 Å². The summed E-state index contributed by atoms with van der Waals surface area (Å²) in [7, 11) is 0. The maximum absolute atomic E-state index is 10.6. The maximum atomic E-state index is 10.6. The highest BCUT2D eigenvalue weighted by molar-refractivity contribution is 5.80. The normalized spacial score (nSPS) is 13.1. The fourth-order valence-electron chi connectivity index (χ4n) is 1.06. The van der Waals surface area contributed by atoms with E-state index < -0.39 is 0 Å². The van der Waals surface area contributed by atoms with E-state index in [0.717, 1.165) is 18.9 Å². The Bertz CT molecular complexity index is 228. The summed E-state index contributed by atoms with van der Waals surface area (Å²) in [4.78, 5) is 15.0. The molecule has 0 aromatic rings. The van der Waals surface area contributed by atoms with Crippen LogP contribution in [0.1, 0.15) is 34.1 Å². The first-order valence-corrected chi connectivity index (χ1v) is 5.89. The third-order valence-corrected chi connectivity index (χ3v) is 2.10. The van der Waals surface area contributed by atoms with Gasteiger partial charge in [0.05, 0.1) is 6.54 Å². The predicted octanol–water partition coefficient (Wildman–Crippen LogP) is 0.476. The minimum atomic E-state index is -0.0184. The first-order chi connectivity index (χ1) is 7.60. The predicted molar refractivity (Wildman–Crippen MR) is 67.6 cm³/mol. The van der Waals surface area contributed by atoms with Gasteiger partial charge in [-0.25, -0.2) is 0 Å². The van der Waals surface area contributed by atoms with Gasteiger partial charge >= 0.3 is 0 Å². The van der Waals surface area contributed by atoms with Crippen LogP contribution in [0.2, 0.25) is 0 Å². The van der Waals surface area contributed by atoms with Gasteiger partial charge in [-0.1, -0.05) is 6.92 Å². The molecule has 0 fully saturated rings. The molecule has 16 heavy (non-hydrogen) atoms. The second-order valence-corrected chi connectivity index (χ2v) is 3.70. The van der Waals surface area contributed by atoms with E-state index in [1.165, 1.54) is 6.92 Å². The molecule has 0 rings (SSSR count).